The van der Waals surface area contributed by atoms with Crippen LogP contribution in [0, 0.1) is 0 Å². The number of amides is 1. The Balaban J connectivity index is 1.44. The smallest absolute Gasteiger partial charge is 0.231 e. The van der Waals surface area contributed by atoms with Crippen LogP contribution in [0.1, 0.15) is 18.2 Å². The van der Waals surface area contributed by atoms with Gasteiger partial charge >= 0.3 is 0 Å². The molecule has 0 radical (unpaired) electrons. The molecule has 144 valence electrons. The van der Waals surface area contributed by atoms with E-state index in [1.165, 1.54) is 21.8 Å². The van der Waals surface area contributed by atoms with Crippen molar-refractivity contribution in [3.8, 4) is 11.5 Å². The second-order valence-electron chi connectivity index (χ2n) is 6.81. The van der Waals surface area contributed by atoms with E-state index in [9.17, 15) is 4.79 Å². The van der Waals surface area contributed by atoms with Crippen LogP contribution < -0.4 is 19.3 Å². The molecule has 0 spiro atoms. The van der Waals surface area contributed by atoms with Gasteiger partial charge in [0, 0.05) is 17.9 Å². The average molecular weight is 396 g/mol. The third kappa shape index (κ3) is 4.00. The number of nitrogens with zero attached hydrogens (tertiary/aromatic N) is 2. The quantitative estimate of drug-likeness (QED) is 0.696. The number of hydrogen-bond donors (Lipinski definition) is 1. The molecule has 7 heteroatoms. The highest BCUT2D eigenvalue weighted by Crippen LogP contribution is 2.32. The fourth-order valence-corrected chi connectivity index (χ4v) is 4.14. The van der Waals surface area contributed by atoms with Gasteiger partial charge in [-0.1, -0.05) is 18.2 Å². The fourth-order valence-electron chi connectivity index (χ4n) is 3.26. The number of ether oxygens (including phenoxy) is 2. The number of quaternary nitrogens is 1. The number of hydrogen-bond acceptors (Lipinski definition) is 5. The van der Waals surface area contributed by atoms with Crippen molar-refractivity contribution < 1.29 is 19.2 Å². The van der Waals surface area contributed by atoms with Crippen molar-refractivity contribution in [3.63, 3.8) is 0 Å². The van der Waals surface area contributed by atoms with E-state index in [4.69, 9.17) is 14.5 Å². The number of anilines is 2. The zero-order valence-corrected chi connectivity index (χ0v) is 16.7. The van der Waals surface area contributed by atoms with Gasteiger partial charge in [-0.15, -0.1) is 11.3 Å². The second-order valence-corrected chi connectivity index (χ2v) is 7.65. The largest absolute Gasteiger partial charge is 0.454 e. The lowest BCUT2D eigenvalue weighted by Crippen LogP contribution is -3.06. The van der Waals surface area contributed by atoms with Crippen molar-refractivity contribution in [1.29, 1.82) is 0 Å². The van der Waals surface area contributed by atoms with Crippen LogP contribution in [-0.2, 0) is 17.9 Å². The first-order valence-corrected chi connectivity index (χ1v) is 9.98. The molecule has 1 aliphatic rings. The molecule has 1 atom stereocenters. The number of carbonyl (C=O) groups is 1. The first kappa shape index (κ1) is 18.5. The summed E-state index contributed by atoms with van der Waals surface area (Å²) in [5.74, 6) is 1.56. The van der Waals surface area contributed by atoms with Crippen LogP contribution in [-0.4, -0.2) is 24.7 Å². The third-order valence-electron chi connectivity index (χ3n) is 4.49. The Morgan fingerprint density at radius 3 is 2.71 bits per heavy atom. The molecule has 1 unspecified atom stereocenters. The Bertz CT molecular complexity index is 974. The minimum atomic E-state index is -0.0480. The first-order chi connectivity index (χ1) is 13.6. The summed E-state index contributed by atoms with van der Waals surface area (Å²) in [5.41, 5.74) is 2.99. The summed E-state index contributed by atoms with van der Waals surface area (Å²) >= 11 is 1.49. The summed E-state index contributed by atoms with van der Waals surface area (Å²) in [4.78, 5) is 19.8. The maximum absolute atomic E-state index is 12.2. The fraction of sp³-hybridized carbons (Fsp3) is 0.238. The molecule has 0 aliphatic carbocycles. The van der Waals surface area contributed by atoms with E-state index in [0.29, 0.717) is 5.13 Å². The molecule has 0 saturated heterocycles. The molecule has 2 aromatic carbocycles. The summed E-state index contributed by atoms with van der Waals surface area (Å²) in [6, 6.07) is 15.7. The third-order valence-corrected chi connectivity index (χ3v) is 5.36. The summed E-state index contributed by atoms with van der Waals surface area (Å²) in [6.45, 7) is 3.46. The van der Waals surface area contributed by atoms with Gasteiger partial charge in [0.25, 0.3) is 0 Å². The maximum atomic E-state index is 12.2. The Morgan fingerprint density at radius 2 is 1.93 bits per heavy atom. The lowest BCUT2D eigenvalue weighted by molar-refractivity contribution is -0.908. The van der Waals surface area contributed by atoms with Crippen LogP contribution in [0.5, 0.6) is 11.5 Å². The molecule has 1 aromatic heterocycles. The standard InChI is InChI=1S/C21H21N3O3S/c1-15(25)24(18-6-4-3-5-7-18)21-22-17(13-28-21)12-23(2)11-16-8-9-19-20(10-16)27-14-26-19/h3-10,13H,11-12,14H2,1-2H3/p+1. The van der Waals surface area contributed by atoms with E-state index >= 15 is 0 Å². The van der Waals surface area contributed by atoms with Gasteiger partial charge < -0.3 is 14.4 Å². The highest BCUT2D eigenvalue weighted by atomic mass is 32.1. The monoisotopic (exact) mass is 396 g/mol. The lowest BCUT2D eigenvalue weighted by Gasteiger charge is -2.17. The SMILES string of the molecule is CC(=O)N(c1ccccc1)c1nc(C[NH+](C)Cc2ccc3c(c2)OCO3)cs1. The Labute approximate surface area is 167 Å². The molecule has 6 nitrogen and oxygen atoms in total. The summed E-state index contributed by atoms with van der Waals surface area (Å²) in [5, 5.41) is 2.72. The van der Waals surface area contributed by atoms with Crippen molar-refractivity contribution >= 4 is 28.1 Å². The summed E-state index contributed by atoms with van der Waals surface area (Å²) in [6.07, 6.45) is 0. The Kier molecular flexibility index (Phi) is 5.27. The van der Waals surface area contributed by atoms with E-state index in [1.54, 1.807) is 11.8 Å². The number of rotatable bonds is 6. The number of thiazole rings is 1. The molecule has 3 aromatic rings. The zero-order chi connectivity index (χ0) is 19.5. The van der Waals surface area contributed by atoms with Crippen LogP contribution in [0.15, 0.2) is 53.9 Å². The first-order valence-electron chi connectivity index (χ1n) is 9.10. The molecule has 0 saturated carbocycles. The van der Waals surface area contributed by atoms with Gasteiger partial charge in [-0.25, -0.2) is 4.98 Å². The van der Waals surface area contributed by atoms with Crippen LogP contribution >= 0.6 is 11.3 Å². The van der Waals surface area contributed by atoms with Crippen LogP contribution in [0.3, 0.4) is 0 Å². The topological polar surface area (TPSA) is 56.1 Å². The van der Waals surface area contributed by atoms with Gasteiger partial charge in [-0.2, -0.15) is 0 Å². The number of para-hydroxylation sites is 1. The van der Waals surface area contributed by atoms with Gasteiger partial charge in [0.15, 0.2) is 16.6 Å². The zero-order valence-electron chi connectivity index (χ0n) is 15.8. The number of benzene rings is 2. The molecule has 2 heterocycles. The molecule has 1 amide bonds. The normalized spacial score (nSPS) is 13.4. The van der Waals surface area contributed by atoms with Crippen LogP contribution in [0.25, 0.3) is 0 Å². The van der Waals surface area contributed by atoms with Crippen LogP contribution in [0.4, 0.5) is 10.8 Å². The van der Waals surface area contributed by atoms with Gasteiger partial charge in [0.05, 0.1) is 12.7 Å². The molecule has 1 N–H and O–H groups in total. The van der Waals surface area contributed by atoms with Gasteiger partial charge in [-0.3, -0.25) is 9.69 Å². The molecule has 28 heavy (non-hydrogen) atoms. The molecule has 0 fully saturated rings. The number of carbonyl (C=O) groups excluding carboxylic acids is 1. The minimum absolute atomic E-state index is 0.0480. The van der Waals surface area contributed by atoms with Gasteiger partial charge in [-0.05, 0) is 30.3 Å². The Hall–Kier alpha value is -2.90. The van der Waals surface area contributed by atoms with Crippen molar-refractivity contribution in [2.75, 3.05) is 18.7 Å². The molecular formula is C21H22N3O3S+. The van der Waals surface area contributed by atoms with Crippen molar-refractivity contribution in [3.05, 3.63) is 65.2 Å². The molecule has 1 aliphatic heterocycles. The van der Waals surface area contributed by atoms with E-state index in [2.05, 4.69) is 13.1 Å². The average Bonchev–Trinajstić information content (AvgIpc) is 3.31. The van der Waals surface area contributed by atoms with E-state index in [1.807, 2.05) is 47.8 Å². The number of aromatic nitrogens is 1. The number of nitrogens with one attached hydrogen (secondary N) is 1. The predicted molar refractivity (Wildman–Crippen MR) is 108 cm³/mol. The van der Waals surface area contributed by atoms with Crippen LogP contribution in [0.2, 0.25) is 0 Å². The van der Waals surface area contributed by atoms with Crippen molar-refractivity contribution in [2.24, 2.45) is 0 Å². The lowest BCUT2D eigenvalue weighted by atomic mass is 10.2. The molecular weight excluding hydrogens is 374 g/mol. The van der Waals surface area contributed by atoms with Crippen molar-refractivity contribution in [2.45, 2.75) is 20.0 Å². The maximum Gasteiger partial charge on any atom is 0.231 e. The predicted octanol–water partition coefficient (Wildman–Crippen LogP) is 2.77. The highest BCUT2D eigenvalue weighted by molar-refractivity contribution is 7.14. The molecule has 0 bridgehead atoms. The van der Waals surface area contributed by atoms with E-state index in [-0.39, 0.29) is 12.7 Å². The van der Waals surface area contributed by atoms with Crippen molar-refractivity contribution in [1.82, 2.24) is 4.98 Å². The number of fused-ring (bicyclic) bond motifs is 1. The molecule has 4 rings (SSSR count). The summed E-state index contributed by atoms with van der Waals surface area (Å²) < 4.78 is 10.8. The highest BCUT2D eigenvalue weighted by Gasteiger charge is 2.19. The van der Waals surface area contributed by atoms with E-state index in [0.717, 1.165) is 36.0 Å². The van der Waals surface area contributed by atoms with Gasteiger partial charge in [0.2, 0.25) is 12.7 Å². The minimum Gasteiger partial charge on any atom is -0.454 e. The van der Waals surface area contributed by atoms with Gasteiger partial charge in [0.1, 0.15) is 18.8 Å². The summed E-state index contributed by atoms with van der Waals surface area (Å²) in [7, 11) is 2.13. The second kappa shape index (κ2) is 8.00. The Morgan fingerprint density at radius 1 is 1.14 bits per heavy atom. The van der Waals surface area contributed by atoms with E-state index < -0.39 is 0 Å².